The first kappa shape index (κ1) is 8.57. The standard InChI is InChI=1S/C9H16O2/c1-9(2,8(10)11)6-5-7-3-4-7/h7H,3-6H2,1-2H3,(H,10,11). The van der Waals surface area contributed by atoms with Crippen LogP contribution in [0.4, 0.5) is 0 Å². The molecule has 0 bridgehead atoms. The topological polar surface area (TPSA) is 37.3 Å². The number of carboxylic acid groups (broad SMARTS) is 1. The van der Waals surface area contributed by atoms with Crippen LogP contribution in [0, 0.1) is 11.3 Å². The van der Waals surface area contributed by atoms with Gasteiger partial charge < -0.3 is 5.11 Å². The van der Waals surface area contributed by atoms with Crippen LogP contribution in [0.5, 0.6) is 0 Å². The average molecular weight is 156 g/mol. The van der Waals surface area contributed by atoms with E-state index < -0.39 is 11.4 Å². The van der Waals surface area contributed by atoms with E-state index in [0.29, 0.717) is 0 Å². The van der Waals surface area contributed by atoms with Gasteiger partial charge in [0.1, 0.15) is 0 Å². The summed E-state index contributed by atoms with van der Waals surface area (Å²) < 4.78 is 0. The van der Waals surface area contributed by atoms with Crippen molar-refractivity contribution < 1.29 is 9.90 Å². The van der Waals surface area contributed by atoms with Crippen molar-refractivity contribution in [2.45, 2.75) is 39.5 Å². The van der Waals surface area contributed by atoms with Crippen molar-refractivity contribution in [2.24, 2.45) is 11.3 Å². The Labute approximate surface area is 67.6 Å². The van der Waals surface area contributed by atoms with Gasteiger partial charge in [-0.05, 0) is 32.6 Å². The average Bonchev–Trinajstić information content (AvgIpc) is 2.65. The van der Waals surface area contributed by atoms with Gasteiger partial charge >= 0.3 is 5.97 Å². The Morgan fingerprint density at radius 2 is 2.09 bits per heavy atom. The molecule has 2 nitrogen and oxygen atoms in total. The Hall–Kier alpha value is -0.530. The summed E-state index contributed by atoms with van der Waals surface area (Å²) in [4.78, 5) is 10.7. The Bertz CT molecular complexity index is 157. The second-order valence-corrected chi connectivity index (χ2v) is 4.17. The summed E-state index contributed by atoms with van der Waals surface area (Å²) in [5, 5.41) is 8.77. The predicted octanol–water partition coefficient (Wildman–Crippen LogP) is 2.29. The molecule has 0 heterocycles. The molecule has 1 N–H and O–H groups in total. The molecule has 1 aliphatic carbocycles. The number of hydrogen-bond acceptors (Lipinski definition) is 1. The molecule has 0 atom stereocenters. The summed E-state index contributed by atoms with van der Waals surface area (Å²) in [5.74, 6) is 0.173. The minimum absolute atomic E-state index is 0.511. The summed E-state index contributed by atoms with van der Waals surface area (Å²) >= 11 is 0. The SMILES string of the molecule is CC(C)(CCC1CC1)C(=O)O. The Balaban J connectivity index is 2.26. The molecule has 64 valence electrons. The molecule has 0 aromatic rings. The number of hydrogen-bond donors (Lipinski definition) is 1. The van der Waals surface area contributed by atoms with Gasteiger partial charge in [-0.15, -0.1) is 0 Å². The lowest BCUT2D eigenvalue weighted by molar-refractivity contribution is -0.147. The molecule has 0 aromatic heterocycles. The van der Waals surface area contributed by atoms with Crippen LogP contribution in [0.1, 0.15) is 39.5 Å². The zero-order valence-corrected chi connectivity index (χ0v) is 7.26. The summed E-state index contributed by atoms with van der Waals surface area (Å²) in [5.41, 5.74) is -0.511. The Morgan fingerprint density at radius 1 is 1.55 bits per heavy atom. The van der Waals surface area contributed by atoms with Gasteiger partial charge in [0.05, 0.1) is 5.41 Å². The molecule has 0 unspecified atom stereocenters. The summed E-state index contributed by atoms with van der Waals surface area (Å²) in [6.45, 7) is 3.61. The molecule has 0 amide bonds. The lowest BCUT2D eigenvalue weighted by atomic mass is 9.87. The van der Waals surface area contributed by atoms with Crippen LogP contribution in [0.2, 0.25) is 0 Å². The van der Waals surface area contributed by atoms with Crippen molar-refractivity contribution in [3.63, 3.8) is 0 Å². The fraction of sp³-hybridized carbons (Fsp3) is 0.889. The number of carbonyl (C=O) groups is 1. The van der Waals surface area contributed by atoms with E-state index in [1.807, 2.05) is 0 Å². The van der Waals surface area contributed by atoms with Crippen LogP contribution in [0.3, 0.4) is 0 Å². The van der Waals surface area contributed by atoms with Gasteiger partial charge in [0.2, 0.25) is 0 Å². The van der Waals surface area contributed by atoms with Gasteiger partial charge in [0.15, 0.2) is 0 Å². The van der Waals surface area contributed by atoms with E-state index in [2.05, 4.69) is 0 Å². The predicted molar refractivity (Wildman–Crippen MR) is 43.4 cm³/mol. The Morgan fingerprint density at radius 3 is 2.45 bits per heavy atom. The third-order valence-corrected chi connectivity index (χ3v) is 2.45. The summed E-state index contributed by atoms with van der Waals surface area (Å²) in [6.07, 6.45) is 4.55. The van der Waals surface area contributed by atoms with Gasteiger partial charge in [0.25, 0.3) is 0 Å². The number of aliphatic carboxylic acids is 1. The highest BCUT2D eigenvalue weighted by Gasteiger charge is 2.30. The van der Waals surface area contributed by atoms with Crippen LogP contribution < -0.4 is 0 Å². The molecule has 2 heteroatoms. The van der Waals surface area contributed by atoms with E-state index in [9.17, 15) is 4.79 Å². The van der Waals surface area contributed by atoms with Crippen molar-refractivity contribution in [3.05, 3.63) is 0 Å². The maximum atomic E-state index is 10.7. The smallest absolute Gasteiger partial charge is 0.309 e. The largest absolute Gasteiger partial charge is 0.481 e. The summed E-state index contributed by atoms with van der Waals surface area (Å²) in [6, 6.07) is 0. The van der Waals surface area contributed by atoms with Crippen LogP contribution in [-0.2, 0) is 4.79 Å². The molecule has 0 aliphatic heterocycles. The molecule has 1 saturated carbocycles. The molecule has 0 aromatic carbocycles. The molecular weight excluding hydrogens is 140 g/mol. The van der Waals surface area contributed by atoms with Gasteiger partial charge in [-0.3, -0.25) is 4.79 Å². The van der Waals surface area contributed by atoms with E-state index in [0.717, 1.165) is 18.8 Å². The third-order valence-electron chi connectivity index (χ3n) is 2.45. The molecule has 0 radical (unpaired) electrons. The van der Waals surface area contributed by atoms with Crippen molar-refractivity contribution >= 4 is 5.97 Å². The monoisotopic (exact) mass is 156 g/mol. The zero-order chi connectivity index (χ0) is 8.48. The van der Waals surface area contributed by atoms with Gasteiger partial charge in [-0.1, -0.05) is 12.8 Å². The maximum Gasteiger partial charge on any atom is 0.309 e. The van der Waals surface area contributed by atoms with E-state index in [1.54, 1.807) is 13.8 Å². The number of carboxylic acids is 1. The molecule has 1 rings (SSSR count). The fourth-order valence-corrected chi connectivity index (χ4v) is 1.08. The highest BCUT2D eigenvalue weighted by molar-refractivity contribution is 5.73. The van der Waals surface area contributed by atoms with Crippen molar-refractivity contribution in [1.82, 2.24) is 0 Å². The molecule has 0 saturated heterocycles. The zero-order valence-electron chi connectivity index (χ0n) is 7.26. The second-order valence-electron chi connectivity index (χ2n) is 4.17. The molecule has 1 fully saturated rings. The minimum atomic E-state index is -0.668. The quantitative estimate of drug-likeness (QED) is 0.678. The third kappa shape index (κ3) is 2.52. The van der Waals surface area contributed by atoms with E-state index >= 15 is 0 Å². The van der Waals surface area contributed by atoms with Crippen molar-refractivity contribution in [1.29, 1.82) is 0 Å². The first-order valence-electron chi connectivity index (χ1n) is 4.26. The first-order valence-corrected chi connectivity index (χ1v) is 4.26. The van der Waals surface area contributed by atoms with Gasteiger partial charge in [-0.25, -0.2) is 0 Å². The van der Waals surface area contributed by atoms with Crippen molar-refractivity contribution in [2.75, 3.05) is 0 Å². The van der Waals surface area contributed by atoms with E-state index in [-0.39, 0.29) is 0 Å². The van der Waals surface area contributed by atoms with Crippen LogP contribution in [-0.4, -0.2) is 11.1 Å². The Kier molecular flexibility index (Phi) is 2.21. The van der Waals surface area contributed by atoms with Gasteiger partial charge in [0, 0.05) is 0 Å². The van der Waals surface area contributed by atoms with Gasteiger partial charge in [-0.2, -0.15) is 0 Å². The highest BCUT2D eigenvalue weighted by atomic mass is 16.4. The minimum Gasteiger partial charge on any atom is -0.481 e. The normalized spacial score (nSPS) is 18.4. The van der Waals surface area contributed by atoms with Crippen molar-refractivity contribution in [3.8, 4) is 0 Å². The number of rotatable bonds is 4. The maximum absolute atomic E-state index is 10.7. The molecule has 11 heavy (non-hydrogen) atoms. The lowest BCUT2D eigenvalue weighted by Gasteiger charge is -2.18. The first-order chi connectivity index (χ1) is 5.02. The van der Waals surface area contributed by atoms with E-state index in [4.69, 9.17) is 5.11 Å². The lowest BCUT2D eigenvalue weighted by Crippen LogP contribution is -2.23. The van der Waals surface area contributed by atoms with E-state index in [1.165, 1.54) is 12.8 Å². The second kappa shape index (κ2) is 2.84. The fourth-order valence-electron chi connectivity index (χ4n) is 1.08. The van der Waals surface area contributed by atoms with Crippen LogP contribution in [0.15, 0.2) is 0 Å². The summed E-state index contributed by atoms with van der Waals surface area (Å²) in [7, 11) is 0. The van der Waals surface area contributed by atoms with Crippen LogP contribution in [0.25, 0.3) is 0 Å². The molecule has 1 aliphatic rings. The highest BCUT2D eigenvalue weighted by Crippen LogP contribution is 2.37. The molecular formula is C9H16O2. The van der Waals surface area contributed by atoms with Crippen LogP contribution >= 0.6 is 0 Å². The molecule has 0 spiro atoms.